The summed E-state index contributed by atoms with van der Waals surface area (Å²) in [5.41, 5.74) is 2.81. The zero-order valence-electron chi connectivity index (χ0n) is 18.5. The molecule has 2 aliphatic rings. The predicted octanol–water partition coefficient (Wildman–Crippen LogP) is 2.71. The Balaban J connectivity index is 1.40. The number of Topliss-reactive ketones (excluding diaryl/α,β-unsaturated/α-hetero) is 1. The molecular formula is C24H25F2N3O4. The van der Waals surface area contributed by atoms with Crippen molar-refractivity contribution in [3.05, 3.63) is 53.1 Å². The number of carbonyl (C=O) groups excluding carboxylic acids is 3. The lowest BCUT2D eigenvalue weighted by Gasteiger charge is -2.40. The molecule has 0 aromatic heterocycles. The molecule has 1 saturated heterocycles. The summed E-state index contributed by atoms with van der Waals surface area (Å²) in [5.74, 6) is -3.25. The van der Waals surface area contributed by atoms with Gasteiger partial charge in [-0.05, 0) is 36.6 Å². The summed E-state index contributed by atoms with van der Waals surface area (Å²) < 4.78 is 32.9. The van der Waals surface area contributed by atoms with Gasteiger partial charge >= 0.3 is 11.8 Å². The van der Waals surface area contributed by atoms with Crippen LogP contribution in [0.3, 0.4) is 0 Å². The molecule has 1 aliphatic carbocycles. The topological polar surface area (TPSA) is 79.0 Å². The van der Waals surface area contributed by atoms with E-state index in [9.17, 15) is 23.2 Å². The van der Waals surface area contributed by atoms with Crippen LogP contribution in [0.4, 0.5) is 20.2 Å². The molecule has 0 unspecified atom stereocenters. The molecule has 1 heterocycles. The molecule has 2 aromatic rings. The number of rotatable bonds is 3. The van der Waals surface area contributed by atoms with Gasteiger partial charge in [0.25, 0.3) is 0 Å². The second-order valence-electron chi connectivity index (χ2n) is 8.39. The largest absolute Gasteiger partial charge is 0.491 e. The highest BCUT2D eigenvalue weighted by Gasteiger charge is 2.32. The number of anilines is 2. The second kappa shape index (κ2) is 9.17. The van der Waals surface area contributed by atoms with Crippen LogP contribution in [0.1, 0.15) is 24.5 Å². The smallest absolute Gasteiger partial charge is 0.313 e. The van der Waals surface area contributed by atoms with Gasteiger partial charge in [0, 0.05) is 62.0 Å². The number of piperazine rings is 1. The molecule has 0 spiro atoms. The van der Waals surface area contributed by atoms with Gasteiger partial charge in [-0.3, -0.25) is 14.4 Å². The molecule has 0 bridgehead atoms. The van der Waals surface area contributed by atoms with Crippen LogP contribution in [0.25, 0.3) is 0 Å². The Kier molecular flexibility index (Phi) is 6.31. The Morgan fingerprint density at radius 3 is 2.45 bits per heavy atom. The average Bonchev–Trinajstić information content (AvgIpc) is 2.78. The lowest BCUT2D eigenvalue weighted by Crippen LogP contribution is -2.56. The lowest BCUT2D eigenvalue weighted by molar-refractivity contribution is -0.144. The van der Waals surface area contributed by atoms with Gasteiger partial charge in [-0.15, -0.1) is 0 Å². The molecule has 9 heteroatoms. The van der Waals surface area contributed by atoms with Crippen molar-refractivity contribution in [2.75, 3.05) is 37.0 Å². The van der Waals surface area contributed by atoms with Gasteiger partial charge in [0.15, 0.2) is 17.4 Å². The van der Waals surface area contributed by atoms with E-state index < -0.39 is 29.2 Å². The summed E-state index contributed by atoms with van der Waals surface area (Å²) in [6, 6.07) is 7.35. The fraction of sp³-hybridized carbons (Fsp3) is 0.375. The third-order valence-corrected chi connectivity index (χ3v) is 6.16. The number of nitrogens with zero attached hydrogens (tertiary/aromatic N) is 2. The Morgan fingerprint density at radius 1 is 1.06 bits per heavy atom. The minimum atomic E-state index is -0.799. The summed E-state index contributed by atoms with van der Waals surface area (Å²) in [4.78, 5) is 40.2. The summed E-state index contributed by atoms with van der Waals surface area (Å²) in [7, 11) is 1.20. The van der Waals surface area contributed by atoms with E-state index in [0.29, 0.717) is 43.7 Å². The van der Waals surface area contributed by atoms with Gasteiger partial charge in [-0.1, -0.05) is 6.07 Å². The van der Waals surface area contributed by atoms with E-state index in [2.05, 4.69) is 5.32 Å². The third-order valence-electron chi connectivity index (χ3n) is 6.16. The van der Waals surface area contributed by atoms with Crippen molar-refractivity contribution in [1.29, 1.82) is 0 Å². The SMILES string of the molecule is COc1c(F)cc(N2CCN(C(=O)C(=O)Nc3ccc4c(c3)CCC(=O)C4)[C@H](C)C2)cc1F. The van der Waals surface area contributed by atoms with Crippen molar-refractivity contribution in [1.82, 2.24) is 4.90 Å². The Morgan fingerprint density at radius 2 is 1.79 bits per heavy atom. The van der Waals surface area contributed by atoms with Gasteiger partial charge < -0.3 is 19.9 Å². The number of carbonyl (C=O) groups is 3. The number of hydrogen-bond donors (Lipinski definition) is 1. The first-order valence-corrected chi connectivity index (χ1v) is 10.8. The van der Waals surface area contributed by atoms with Crippen LogP contribution < -0.4 is 15.0 Å². The maximum atomic E-state index is 14.1. The lowest BCUT2D eigenvalue weighted by atomic mass is 9.90. The molecule has 33 heavy (non-hydrogen) atoms. The second-order valence-corrected chi connectivity index (χ2v) is 8.39. The molecule has 1 aliphatic heterocycles. The number of nitrogens with one attached hydrogen (secondary N) is 1. The highest BCUT2D eigenvalue weighted by atomic mass is 19.1. The van der Waals surface area contributed by atoms with Crippen LogP contribution in [-0.2, 0) is 27.2 Å². The molecule has 0 saturated carbocycles. The monoisotopic (exact) mass is 457 g/mol. The van der Waals surface area contributed by atoms with Crippen LogP contribution in [0.2, 0.25) is 0 Å². The zero-order chi connectivity index (χ0) is 23.7. The van der Waals surface area contributed by atoms with Gasteiger partial charge in [-0.2, -0.15) is 0 Å². The first-order chi connectivity index (χ1) is 15.8. The highest BCUT2D eigenvalue weighted by molar-refractivity contribution is 6.39. The molecule has 174 valence electrons. The maximum absolute atomic E-state index is 14.1. The number of methoxy groups -OCH3 is 1. The number of hydrogen-bond acceptors (Lipinski definition) is 5. The van der Waals surface area contributed by atoms with Crippen LogP contribution in [-0.4, -0.2) is 55.3 Å². The minimum absolute atomic E-state index is 0.197. The first-order valence-electron chi connectivity index (χ1n) is 10.8. The van der Waals surface area contributed by atoms with Crippen LogP contribution in [0, 0.1) is 11.6 Å². The van der Waals surface area contributed by atoms with E-state index in [1.165, 1.54) is 24.1 Å². The summed E-state index contributed by atoms with van der Waals surface area (Å²) >= 11 is 0. The van der Waals surface area contributed by atoms with Crippen LogP contribution in [0.5, 0.6) is 5.75 Å². The van der Waals surface area contributed by atoms with Crippen molar-refractivity contribution in [3.8, 4) is 5.75 Å². The number of benzene rings is 2. The molecule has 2 aromatic carbocycles. The molecule has 1 N–H and O–H groups in total. The summed E-state index contributed by atoms with van der Waals surface area (Å²) in [5, 5.41) is 2.65. The van der Waals surface area contributed by atoms with Gasteiger partial charge in [0.05, 0.1) is 7.11 Å². The van der Waals surface area contributed by atoms with Crippen molar-refractivity contribution in [3.63, 3.8) is 0 Å². The van der Waals surface area contributed by atoms with Gasteiger partial charge in [0.1, 0.15) is 5.78 Å². The number of halogens is 2. The average molecular weight is 457 g/mol. The normalized spacial score (nSPS) is 18.1. The van der Waals surface area contributed by atoms with Crippen LogP contribution >= 0.6 is 0 Å². The van der Waals surface area contributed by atoms with E-state index in [0.717, 1.165) is 11.1 Å². The van der Waals surface area contributed by atoms with Crippen molar-refractivity contribution in [2.24, 2.45) is 0 Å². The fourth-order valence-electron chi connectivity index (χ4n) is 4.42. The van der Waals surface area contributed by atoms with Crippen molar-refractivity contribution < 1.29 is 27.9 Å². The number of ketones is 1. The van der Waals surface area contributed by atoms with Gasteiger partial charge in [-0.25, -0.2) is 8.78 Å². The van der Waals surface area contributed by atoms with Crippen molar-refractivity contribution in [2.45, 2.75) is 32.2 Å². The number of amides is 2. The zero-order valence-corrected chi connectivity index (χ0v) is 18.5. The Labute approximate surface area is 190 Å². The molecule has 0 radical (unpaired) electrons. The van der Waals surface area contributed by atoms with E-state index in [-0.39, 0.29) is 18.4 Å². The number of aryl methyl sites for hydroxylation is 1. The third kappa shape index (κ3) is 4.67. The molecule has 7 nitrogen and oxygen atoms in total. The Hall–Kier alpha value is -3.49. The number of fused-ring (bicyclic) bond motifs is 1. The van der Waals surface area contributed by atoms with Gasteiger partial charge in [0.2, 0.25) is 0 Å². The first kappa shape index (κ1) is 22.7. The molecule has 1 atom stereocenters. The molecule has 2 amide bonds. The fourth-order valence-corrected chi connectivity index (χ4v) is 4.42. The molecular weight excluding hydrogens is 432 g/mol. The highest BCUT2D eigenvalue weighted by Crippen LogP contribution is 2.29. The standard InChI is InChI=1S/C24H25F2N3O4/c1-14-13-28(18-11-20(25)22(33-2)21(26)12-18)7-8-29(14)24(32)23(31)27-17-5-3-16-10-19(30)6-4-15(16)9-17/h3,5,9,11-12,14H,4,6-8,10,13H2,1-2H3,(H,27,31)/t14-/m1/s1. The van der Waals surface area contributed by atoms with E-state index in [4.69, 9.17) is 4.74 Å². The quantitative estimate of drug-likeness (QED) is 0.718. The van der Waals surface area contributed by atoms with E-state index >= 15 is 0 Å². The van der Waals surface area contributed by atoms with E-state index in [1.54, 1.807) is 30.0 Å². The predicted molar refractivity (Wildman–Crippen MR) is 118 cm³/mol. The maximum Gasteiger partial charge on any atom is 0.313 e. The van der Waals surface area contributed by atoms with Crippen LogP contribution in [0.15, 0.2) is 30.3 Å². The summed E-state index contributed by atoms with van der Waals surface area (Å²) in [6.07, 6.45) is 1.50. The number of ether oxygens (including phenoxy) is 1. The van der Waals surface area contributed by atoms with E-state index in [1.807, 2.05) is 0 Å². The van der Waals surface area contributed by atoms with Crippen molar-refractivity contribution >= 4 is 29.0 Å². The minimum Gasteiger partial charge on any atom is -0.491 e. The Bertz CT molecular complexity index is 1100. The molecule has 1 fully saturated rings. The molecule has 4 rings (SSSR count). The summed E-state index contributed by atoms with van der Waals surface area (Å²) in [6.45, 7) is 2.65.